The van der Waals surface area contributed by atoms with Gasteiger partial charge in [-0.05, 0) is 42.9 Å². The van der Waals surface area contributed by atoms with E-state index in [4.69, 9.17) is 10.5 Å². The van der Waals surface area contributed by atoms with Gasteiger partial charge in [0.1, 0.15) is 5.75 Å². The van der Waals surface area contributed by atoms with Crippen LogP contribution in [0.1, 0.15) is 30.9 Å². The van der Waals surface area contributed by atoms with Crippen molar-refractivity contribution in [2.45, 2.75) is 33.2 Å². The van der Waals surface area contributed by atoms with Gasteiger partial charge in [0.15, 0.2) is 5.96 Å². The Morgan fingerprint density at radius 3 is 2.86 bits per heavy atom. The summed E-state index contributed by atoms with van der Waals surface area (Å²) in [7, 11) is 1.69. The number of halogens is 1. The molecule has 1 heterocycles. The average molecular weight is 403 g/mol. The van der Waals surface area contributed by atoms with Crippen LogP contribution in [0.25, 0.3) is 0 Å². The normalized spacial score (nSPS) is 19.1. The molecule has 1 saturated heterocycles. The first-order valence-corrected chi connectivity index (χ1v) is 7.28. The molecule has 1 atom stereocenters. The number of aryl methyl sites for hydroxylation is 1. The summed E-state index contributed by atoms with van der Waals surface area (Å²) in [5, 5.41) is 0. The van der Waals surface area contributed by atoms with E-state index in [1.165, 1.54) is 12.8 Å². The Hall–Kier alpha value is -0.980. The lowest BCUT2D eigenvalue weighted by Crippen LogP contribution is -2.43. The number of rotatable bonds is 3. The minimum Gasteiger partial charge on any atom is -0.496 e. The zero-order valence-corrected chi connectivity index (χ0v) is 15.5. The molecule has 0 aromatic heterocycles. The molecule has 5 heteroatoms. The first-order chi connectivity index (χ1) is 9.60. The Labute approximate surface area is 144 Å². The van der Waals surface area contributed by atoms with Gasteiger partial charge in [-0.1, -0.05) is 19.1 Å². The number of guanidine groups is 1. The number of hydrogen-bond acceptors (Lipinski definition) is 2. The van der Waals surface area contributed by atoms with Crippen molar-refractivity contribution in [1.82, 2.24) is 4.90 Å². The average Bonchev–Trinajstić information content (AvgIpc) is 2.45. The van der Waals surface area contributed by atoms with Crippen molar-refractivity contribution < 1.29 is 4.74 Å². The molecule has 1 fully saturated rings. The van der Waals surface area contributed by atoms with Crippen molar-refractivity contribution in [3.63, 3.8) is 0 Å². The van der Waals surface area contributed by atoms with Crippen molar-refractivity contribution >= 4 is 29.9 Å². The van der Waals surface area contributed by atoms with Gasteiger partial charge in [0.2, 0.25) is 0 Å². The Morgan fingerprint density at radius 1 is 1.48 bits per heavy atom. The number of piperidine rings is 1. The fourth-order valence-corrected chi connectivity index (χ4v) is 2.71. The molecular formula is C16H26IN3O. The number of nitrogens with zero attached hydrogens (tertiary/aromatic N) is 2. The van der Waals surface area contributed by atoms with Crippen LogP contribution in [0, 0.1) is 12.8 Å². The molecule has 0 radical (unpaired) electrons. The molecule has 4 nitrogen and oxygen atoms in total. The van der Waals surface area contributed by atoms with Gasteiger partial charge >= 0.3 is 0 Å². The number of hydrogen-bond donors (Lipinski definition) is 1. The van der Waals surface area contributed by atoms with Crippen LogP contribution in [0.5, 0.6) is 5.75 Å². The third-order valence-corrected chi connectivity index (χ3v) is 3.86. The molecule has 0 amide bonds. The van der Waals surface area contributed by atoms with Gasteiger partial charge in [0, 0.05) is 13.1 Å². The minimum absolute atomic E-state index is 0. The maximum atomic E-state index is 6.10. The van der Waals surface area contributed by atoms with Crippen LogP contribution in [0.15, 0.2) is 23.2 Å². The summed E-state index contributed by atoms with van der Waals surface area (Å²) in [4.78, 5) is 6.73. The highest BCUT2D eigenvalue weighted by molar-refractivity contribution is 14.0. The molecule has 118 valence electrons. The van der Waals surface area contributed by atoms with E-state index in [1.807, 2.05) is 19.1 Å². The summed E-state index contributed by atoms with van der Waals surface area (Å²) < 4.78 is 5.26. The van der Waals surface area contributed by atoms with E-state index in [-0.39, 0.29) is 24.0 Å². The lowest BCUT2D eigenvalue weighted by atomic mass is 10.0. The fourth-order valence-electron chi connectivity index (χ4n) is 2.71. The Bertz CT molecular complexity index is 490. The summed E-state index contributed by atoms with van der Waals surface area (Å²) in [6.45, 7) is 6.99. The van der Waals surface area contributed by atoms with Crippen LogP contribution in [0.4, 0.5) is 0 Å². The molecule has 1 unspecified atom stereocenters. The van der Waals surface area contributed by atoms with Gasteiger partial charge in [-0.25, -0.2) is 4.99 Å². The van der Waals surface area contributed by atoms with E-state index in [0.29, 0.717) is 18.4 Å². The van der Waals surface area contributed by atoms with E-state index in [0.717, 1.165) is 30.0 Å². The lowest BCUT2D eigenvalue weighted by molar-refractivity contribution is 0.270. The molecule has 0 spiro atoms. The highest BCUT2D eigenvalue weighted by atomic mass is 127. The number of benzene rings is 1. The van der Waals surface area contributed by atoms with Gasteiger partial charge in [-0.15, -0.1) is 24.0 Å². The van der Waals surface area contributed by atoms with E-state index >= 15 is 0 Å². The van der Waals surface area contributed by atoms with Crippen LogP contribution in [-0.4, -0.2) is 31.1 Å². The zero-order chi connectivity index (χ0) is 14.5. The third-order valence-electron chi connectivity index (χ3n) is 3.86. The van der Waals surface area contributed by atoms with Gasteiger partial charge in [0.05, 0.1) is 13.7 Å². The maximum absolute atomic E-state index is 6.10. The molecule has 2 rings (SSSR count). The summed E-state index contributed by atoms with van der Waals surface area (Å²) in [5.41, 5.74) is 8.40. The van der Waals surface area contributed by atoms with Gasteiger partial charge in [0.25, 0.3) is 0 Å². The van der Waals surface area contributed by atoms with Crippen molar-refractivity contribution in [2.75, 3.05) is 20.2 Å². The number of aliphatic imine (C=N–C) groups is 1. The molecule has 0 bridgehead atoms. The molecule has 1 aromatic carbocycles. The Morgan fingerprint density at radius 2 is 2.24 bits per heavy atom. The number of nitrogens with two attached hydrogens (primary N) is 1. The highest BCUT2D eigenvalue weighted by Crippen LogP contribution is 2.19. The van der Waals surface area contributed by atoms with Crippen LogP contribution >= 0.6 is 24.0 Å². The van der Waals surface area contributed by atoms with Gasteiger partial charge < -0.3 is 15.4 Å². The van der Waals surface area contributed by atoms with Crippen LogP contribution in [-0.2, 0) is 6.54 Å². The second-order valence-corrected chi connectivity index (χ2v) is 5.67. The smallest absolute Gasteiger partial charge is 0.191 e. The molecular weight excluding hydrogens is 377 g/mol. The first kappa shape index (κ1) is 18.1. The monoisotopic (exact) mass is 403 g/mol. The Kier molecular flexibility index (Phi) is 7.28. The molecule has 1 aliphatic heterocycles. The molecule has 0 saturated carbocycles. The predicted molar refractivity (Wildman–Crippen MR) is 98.4 cm³/mol. The van der Waals surface area contributed by atoms with Crippen molar-refractivity contribution in [1.29, 1.82) is 0 Å². The highest BCUT2D eigenvalue weighted by Gasteiger charge is 2.17. The summed E-state index contributed by atoms with van der Waals surface area (Å²) in [6, 6.07) is 6.13. The van der Waals surface area contributed by atoms with E-state index < -0.39 is 0 Å². The largest absolute Gasteiger partial charge is 0.496 e. The molecule has 2 N–H and O–H groups in total. The number of likely N-dealkylation sites (tertiary alicyclic amines) is 1. The topological polar surface area (TPSA) is 50.9 Å². The molecule has 1 aliphatic rings. The van der Waals surface area contributed by atoms with Gasteiger partial charge in [-0.3, -0.25) is 0 Å². The van der Waals surface area contributed by atoms with E-state index in [2.05, 4.69) is 22.9 Å². The summed E-state index contributed by atoms with van der Waals surface area (Å²) in [5.74, 6) is 2.29. The standard InChI is InChI=1S/C16H25N3O.HI/c1-12-5-4-8-19(11-12)16(17)18-10-14-6-7-15(20-3)13(2)9-14;/h6-7,9,12H,4-5,8,10-11H2,1-3H3,(H2,17,18);1H. The second-order valence-electron chi connectivity index (χ2n) is 5.67. The molecule has 1 aromatic rings. The molecule has 21 heavy (non-hydrogen) atoms. The van der Waals surface area contributed by atoms with Crippen molar-refractivity contribution in [2.24, 2.45) is 16.6 Å². The SMILES string of the molecule is COc1ccc(CN=C(N)N2CCCC(C)C2)cc1C.I. The van der Waals surface area contributed by atoms with Crippen LogP contribution < -0.4 is 10.5 Å². The van der Waals surface area contributed by atoms with Crippen LogP contribution in [0.2, 0.25) is 0 Å². The summed E-state index contributed by atoms with van der Waals surface area (Å²) in [6.07, 6.45) is 2.50. The number of methoxy groups -OCH3 is 1. The molecule has 0 aliphatic carbocycles. The van der Waals surface area contributed by atoms with E-state index in [9.17, 15) is 0 Å². The number of ether oxygens (including phenoxy) is 1. The quantitative estimate of drug-likeness (QED) is 0.479. The maximum Gasteiger partial charge on any atom is 0.191 e. The minimum atomic E-state index is 0. The zero-order valence-electron chi connectivity index (χ0n) is 13.1. The van der Waals surface area contributed by atoms with Crippen molar-refractivity contribution in [3.8, 4) is 5.75 Å². The van der Waals surface area contributed by atoms with E-state index in [1.54, 1.807) is 7.11 Å². The third kappa shape index (κ3) is 5.05. The Balaban J connectivity index is 0.00000220. The fraction of sp³-hybridized carbons (Fsp3) is 0.562. The summed E-state index contributed by atoms with van der Waals surface area (Å²) >= 11 is 0. The van der Waals surface area contributed by atoms with Gasteiger partial charge in [-0.2, -0.15) is 0 Å². The van der Waals surface area contributed by atoms with Crippen LogP contribution in [0.3, 0.4) is 0 Å². The van der Waals surface area contributed by atoms with Crippen molar-refractivity contribution in [3.05, 3.63) is 29.3 Å². The predicted octanol–water partition coefficient (Wildman–Crippen LogP) is 3.17. The first-order valence-electron chi connectivity index (χ1n) is 7.28. The second kappa shape index (κ2) is 8.46. The lowest BCUT2D eigenvalue weighted by Gasteiger charge is -2.31.